The zero-order valence-corrected chi connectivity index (χ0v) is 16.7. The second-order valence-electron chi connectivity index (χ2n) is 6.77. The molecular weight excluding hydrogens is 376 g/mol. The van der Waals surface area contributed by atoms with E-state index in [4.69, 9.17) is 15.3 Å². The Balaban J connectivity index is 1.60. The normalized spacial score (nSPS) is 14.4. The van der Waals surface area contributed by atoms with Gasteiger partial charge in [0, 0.05) is 38.9 Å². The van der Waals surface area contributed by atoms with Crippen LogP contribution in [0, 0.1) is 6.92 Å². The van der Waals surface area contributed by atoms with Crippen molar-refractivity contribution in [3.05, 3.63) is 35.7 Å². The van der Waals surface area contributed by atoms with Crippen molar-refractivity contribution in [2.24, 2.45) is 5.84 Å². The molecule has 0 saturated carbocycles. The van der Waals surface area contributed by atoms with Gasteiger partial charge in [-0.1, -0.05) is 0 Å². The van der Waals surface area contributed by atoms with Crippen molar-refractivity contribution in [3.8, 4) is 11.6 Å². The smallest absolute Gasteiger partial charge is 0.295 e. The lowest BCUT2D eigenvalue weighted by molar-refractivity contribution is -0.126. The third-order valence-corrected chi connectivity index (χ3v) is 4.70. The lowest BCUT2D eigenvalue weighted by Crippen LogP contribution is -2.42. The lowest BCUT2D eigenvalue weighted by atomic mass is 10.1. The molecule has 1 saturated heterocycles. The molecule has 2 N–H and O–H groups in total. The number of amides is 2. The lowest BCUT2D eigenvalue weighted by Gasteiger charge is -2.33. The number of ether oxygens (including phenoxy) is 2. The van der Waals surface area contributed by atoms with Crippen molar-refractivity contribution in [2.45, 2.75) is 32.8 Å². The molecule has 2 aromatic rings. The maximum absolute atomic E-state index is 12.1. The summed E-state index contributed by atoms with van der Waals surface area (Å²) in [5.41, 5.74) is 0.827. The average Bonchev–Trinajstić information content (AvgIpc) is 2.73. The molecule has 0 aliphatic carbocycles. The first-order valence-electron chi connectivity index (χ1n) is 9.24. The summed E-state index contributed by atoms with van der Waals surface area (Å²) in [6.07, 6.45) is 3.36. The number of carbonyl (C=O) groups excluding carboxylic acids is 2. The van der Waals surface area contributed by atoms with Gasteiger partial charge in [-0.3, -0.25) is 9.59 Å². The van der Waals surface area contributed by atoms with E-state index >= 15 is 0 Å². The van der Waals surface area contributed by atoms with E-state index in [0.717, 1.165) is 31.5 Å². The van der Waals surface area contributed by atoms with Crippen LogP contribution in [0.3, 0.4) is 0 Å². The predicted molar refractivity (Wildman–Crippen MR) is 104 cm³/mol. The van der Waals surface area contributed by atoms with Crippen LogP contribution in [-0.4, -0.2) is 58.3 Å². The molecular formula is C19H24N6O4. The molecule has 1 aliphatic heterocycles. The molecule has 10 heteroatoms. The Kier molecular flexibility index (Phi) is 6.23. The van der Waals surface area contributed by atoms with Crippen LogP contribution in [0.25, 0.3) is 0 Å². The first-order valence-corrected chi connectivity index (χ1v) is 9.24. The Morgan fingerprint density at radius 2 is 1.97 bits per heavy atom. The van der Waals surface area contributed by atoms with E-state index in [2.05, 4.69) is 20.1 Å². The third-order valence-electron chi connectivity index (χ3n) is 4.70. The van der Waals surface area contributed by atoms with Crippen LogP contribution in [0.1, 0.15) is 35.8 Å². The van der Waals surface area contributed by atoms with E-state index in [-0.39, 0.29) is 11.8 Å². The van der Waals surface area contributed by atoms with Gasteiger partial charge in [0.2, 0.25) is 11.8 Å². The highest BCUT2D eigenvalue weighted by Crippen LogP contribution is 2.24. The highest BCUT2D eigenvalue weighted by molar-refractivity contribution is 6.02. The maximum atomic E-state index is 12.1. The summed E-state index contributed by atoms with van der Waals surface area (Å²) in [6, 6.07) is 5.20. The van der Waals surface area contributed by atoms with Crippen molar-refractivity contribution in [2.75, 3.05) is 25.1 Å². The van der Waals surface area contributed by atoms with E-state index in [1.165, 1.54) is 6.92 Å². The standard InChI is InChI=1S/C19H24N6O4/c1-12-10-16(19(27)25(20)13(2)26)22-23-18(12)24-8-6-14(7-9-24)29-15-4-5-17(28-3)21-11-15/h4-5,10-11,14H,6-9,20H2,1-3H3. The number of methoxy groups -OCH3 is 1. The number of hydrazine groups is 1. The van der Waals surface area contributed by atoms with Gasteiger partial charge in [-0.05, 0) is 24.6 Å². The minimum absolute atomic E-state index is 0.0363. The highest BCUT2D eigenvalue weighted by atomic mass is 16.5. The Bertz CT molecular complexity index is 881. The summed E-state index contributed by atoms with van der Waals surface area (Å²) in [5, 5.41) is 8.67. The summed E-state index contributed by atoms with van der Waals surface area (Å²) in [7, 11) is 1.57. The number of rotatable bonds is 5. The fraction of sp³-hybridized carbons (Fsp3) is 0.421. The van der Waals surface area contributed by atoms with Crippen LogP contribution < -0.4 is 20.2 Å². The van der Waals surface area contributed by atoms with Gasteiger partial charge in [-0.2, -0.15) is 0 Å². The van der Waals surface area contributed by atoms with Gasteiger partial charge in [0.25, 0.3) is 5.91 Å². The van der Waals surface area contributed by atoms with E-state index in [9.17, 15) is 9.59 Å². The fourth-order valence-corrected chi connectivity index (χ4v) is 3.10. The third kappa shape index (κ3) is 4.77. The summed E-state index contributed by atoms with van der Waals surface area (Å²) in [6.45, 7) is 4.54. The molecule has 10 nitrogen and oxygen atoms in total. The molecule has 154 valence electrons. The molecule has 3 heterocycles. The summed E-state index contributed by atoms with van der Waals surface area (Å²) < 4.78 is 11.0. The zero-order valence-electron chi connectivity index (χ0n) is 16.7. The molecule has 1 aliphatic rings. The molecule has 0 bridgehead atoms. The van der Waals surface area contributed by atoms with Crippen molar-refractivity contribution in [1.29, 1.82) is 0 Å². The topological polar surface area (TPSA) is 124 Å². The number of nitrogens with two attached hydrogens (primary N) is 1. The maximum Gasteiger partial charge on any atom is 0.295 e. The number of anilines is 1. The van der Waals surface area contributed by atoms with Crippen LogP contribution >= 0.6 is 0 Å². The number of imide groups is 1. The molecule has 0 aromatic carbocycles. The number of hydrogen-bond acceptors (Lipinski definition) is 9. The highest BCUT2D eigenvalue weighted by Gasteiger charge is 2.25. The van der Waals surface area contributed by atoms with Crippen LogP contribution in [0.2, 0.25) is 0 Å². The first-order chi connectivity index (χ1) is 13.9. The minimum Gasteiger partial charge on any atom is -0.489 e. The Hall–Kier alpha value is -3.27. The number of aryl methyl sites for hydroxylation is 1. The Labute approximate surface area is 168 Å². The quantitative estimate of drug-likeness (QED) is 0.446. The molecule has 3 rings (SSSR count). The molecule has 0 unspecified atom stereocenters. The van der Waals surface area contributed by atoms with Crippen molar-refractivity contribution in [3.63, 3.8) is 0 Å². The number of piperidine rings is 1. The fourth-order valence-electron chi connectivity index (χ4n) is 3.10. The van der Waals surface area contributed by atoms with E-state index < -0.39 is 11.8 Å². The van der Waals surface area contributed by atoms with Crippen molar-refractivity contribution in [1.82, 2.24) is 20.2 Å². The van der Waals surface area contributed by atoms with Crippen LogP contribution in [0.4, 0.5) is 5.82 Å². The van der Waals surface area contributed by atoms with Gasteiger partial charge in [0.1, 0.15) is 11.9 Å². The molecule has 0 radical (unpaired) electrons. The monoisotopic (exact) mass is 400 g/mol. The SMILES string of the molecule is COc1ccc(OC2CCN(c3nnc(C(=O)N(N)C(C)=O)cc3C)CC2)cn1. The van der Waals surface area contributed by atoms with Crippen molar-refractivity contribution >= 4 is 17.6 Å². The van der Waals surface area contributed by atoms with Crippen LogP contribution in [-0.2, 0) is 4.79 Å². The first kappa shape index (κ1) is 20.5. The van der Waals surface area contributed by atoms with Crippen LogP contribution in [0.15, 0.2) is 24.4 Å². The second kappa shape index (κ2) is 8.82. The average molecular weight is 400 g/mol. The van der Waals surface area contributed by atoms with Gasteiger partial charge in [-0.25, -0.2) is 15.8 Å². The molecule has 0 spiro atoms. The van der Waals surface area contributed by atoms with Crippen molar-refractivity contribution < 1.29 is 19.1 Å². The molecule has 2 aromatic heterocycles. The minimum atomic E-state index is -0.681. The second-order valence-corrected chi connectivity index (χ2v) is 6.77. The predicted octanol–water partition coefficient (Wildman–Crippen LogP) is 1.10. The Morgan fingerprint density at radius 3 is 2.52 bits per heavy atom. The molecule has 29 heavy (non-hydrogen) atoms. The largest absolute Gasteiger partial charge is 0.489 e. The van der Waals surface area contributed by atoms with E-state index in [1.807, 2.05) is 13.0 Å². The molecule has 1 fully saturated rings. The van der Waals surface area contributed by atoms with Gasteiger partial charge < -0.3 is 14.4 Å². The number of aromatic nitrogens is 3. The van der Waals surface area contributed by atoms with Gasteiger partial charge in [0.05, 0.1) is 13.3 Å². The van der Waals surface area contributed by atoms with Gasteiger partial charge >= 0.3 is 0 Å². The van der Waals surface area contributed by atoms with Crippen LogP contribution in [0.5, 0.6) is 11.6 Å². The van der Waals surface area contributed by atoms with Gasteiger partial charge in [-0.15, -0.1) is 10.2 Å². The van der Waals surface area contributed by atoms with E-state index in [1.54, 1.807) is 25.4 Å². The summed E-state index contributed by atoms with van der Waals surface area (Å²) in [5.74, 6) is 6.17. The molecule has 2 amide bonds. The zero-order chi connectivity index (χ0) is 21.0. The summed E-state index contributed by atoms with van der Waals surface area (Å²) in [4.78, 5) is 29.6. The Morgan fingerprint density at radius 1 is 1.24 bits per heavy atom. The van der Waals surface area contributed by atoms with Gasteiger partial charge in [0.15, 0.2) is 11.5 Å². The number of nitrogens with zero attached hydrogens (tertiary/aromatic N) is 5. The molecule has 0 atom stereocenters. The number of carbonyl (C=O) groups is 2. The summed E-state index contributed by atoms with van der Waals surface area (Å²) >= 11 is 0. The van der Waals surface area contributed by atoms with E-state index in [0.29, 0.717) is 22.5 Å². The number of hydrogen-bond donors (Lipinski definition) is 1. The number of pyridine rings is 1.